The lowest BCUT2D eigenvalue weighted by Crippen LogP contribution is -2.29. The van der Waals surface area contributed by atoms with Gasteiger partial charge in [0.05, 0.1) is 0 Å². The van der Waals surface area contributed by atoms with Crippen molar-refractivity contribution < 1.29 is 10.2 Å². The van der Waals surface area contributed by atoms with Gasteiger partial charge in [0.15, 0.2) is 0 Å². The van der Waals surface area contributed by atoms with Crippen molar-refractivity contribution in [2.75, 3.05) is 6.61 Å². The molecule has 0 radical (unpaired) electrons. The number of phenolic OH excluding ortho intramolecular Hbond substituents is 1. The Hall–Kier alpha value is -0.580. The number of nitrogens with one attached hydrogen (secondary N) is 1. The highest BCUT2D eigenvalue weighted by atomic mass is 79.9. The molecule has 3 N–H and O–H groups in total. The zero-order valence-electron chi connectivity index (χ0n) is 9.57. The number of benzene rings is 1. The van der Waals surface area contributed by atoms with Crippen molar-refractivity contribution in [3.63, 3.8) is 0 Å². The van der Waals surface area contributed by atoms with Crippen LogP contribution in [0.25, 0.3) is 0 Å². The number of phenols is 1. The van der Waals surface area contributed by atoms with Gasteiger partial charge in [-0.15, -0.1) is 0 Å². The molecule has 0 fully saturated rings. The molecule has 0 heterocycles. The second kappa shape index (κ2) is 6.23. The quantitative estimate of drug-likeness (QED) is 0.780. The van der Waals surface area contributed by atoms with Crippen LogP contribution in [0.15, 0.2) is 22.7 Å². The van der Waals surface area contributed by atoms with Crippen molar-refractivity contribution in [2.45, 2.75) is 32.4 Å². The van der Waals surface area contributed by atoms with Crippen molar-refractivity contribution in [1.29, 1.82) is 0 Å². The Labute approximate surface area is 105 Å². The van der Waals surface area contributed by atoms with E-state index in [1.165, 1.54) is 0 Å². The summed E-state index contributed by atoms with van der Waals surface area (Å²) in [6.45, 7) is 4.18. The summed E-state index contributed by atoms with van der Waals surface area (Å²) in [4.78, 5) is 0. The number of halogens is 1. The Morgan fingerprint density at radius 1 is 1.38 bits per heavy atom. The van der Waals surface area contributed by atoms with Crippen molar-refractivity contribution in [3.05, 3.63) is 28.2 Å². The van der Waals surface area contributed by atoms with Crippen molar-refractivity contribution in [2.24, 2.45) is 0 Å². The second-order valence-electron chi connectivity index (χ2n) is 4.00. The Bertz CT molecular complexity index is 344. The van der Waals surface area contributed by atoms with Crippen molar-refractivity contribution >= 4 is 15.9 Å². The fourth-order valence-electron chi connectivity index (χ4n) is 1.67. The van der Waals surface area contributed by atoms with Crippen LogP contribution < -0.4 is 5.32 Å². The van der Waals surface area contributed by atoms with E-state index in [9.17, 15) is 5.11 Å². The van der Waals surface area contributed by atoms with Crippen LogP contribution in [0.1, 0.15) is 31.9 Å². The van der Waals surface area contributed by atoms with Crippen LogP contribution in [0, 0.1) is 0 Å². The standard InChI is InChI=1S/C12H18BrNO2/c1-8(5-6-15)14-9(2)11-7-10(13)3-4-12(11)16/h3-4,7-9,14-16H,5-6H2,1-2H3/t8-,9?/m1/s1. The van der Waals surface area contributed by atoms with Gasteiger partial charge in [-0.05, 0) is 38.5 Å². The van der Waals surface area contributed by atoms with E-state index in [0.717, 1.165) is 10.0 Å². The molecule has 1 aromatic rings. The normalized spacial score (nSPS) is 14.8. The van der Waals surface area contributed by atoms with E-state index in [-0.39, 0.29) is 18.7 Å². The number of rotatable bonds is 5. The van der Waals surface area contributed by atoms with Crippen LogP contribution in [0.5, 0.6) is 5.75 Å². The van der Waals surface area contributed by atoms with E-state index in [2.05, 4.69) is 21.2 Å². The van der Waals surface area contributed by atoms with Crippen molar-refractivity contribution in [3.8, 4) is 5.75 Å². The predicted molar refractivity (Wildman–Crippen MR) is 68.5 cm³/mol. The Balaban J connectivity index is 2.72. The van der Waals surface area contributed by atoms with E-state index in [4.69, 9.17) is 5.11 Å². The molecule has 4 heteroatoms. The minimum Gasteiger partial charge on any atom is -0.508 e. The zero-order chi connectivity index (χ0) is 12.1. The summed E-state index contributed by atoms with van der Waals surface area (Å²) >= 11 is 3.38. The molecular formula is C12H18BrNO2. The molecular weight excluding hydrogens is 270 g/mol. The second-order valence-corrected chi connectivity index (χ2v) is 4.92. The highest BCUT2D eigenvalue weighted by Crippen LogP contribution is 2.27. The third kappa shape index (κ3) is 3.77. The molecule has 90 valence electrons. The summed E-state index contributed by atoms with van der Waals surface area (Å²) in [5.41, 5.74) is 0.860. The van der Waals surface area contributed by atoms with Crippen LogP contribution in [-0.2, 0) is 0 Å². The maximum Gasteiger partial charge on any atom is 0.120 e. The Morgan fingerprint density at radius 3 is 2.69 bits per heavy atom. The molecule has 1 aromatic carbocycles. The molecule has 0 spiro atoms. The average Bonchev–Trinajstić information content (AvgIpc) is 2.21. The predicted octanol–water partition coefficient (Wildman–Crippen LogP) is 2.58. The van der Waals surface area contributed by atoms with Crippen LogP contribution in [-0.4, -0.2) is 22.9 Å². The maximum atomic E-state index is 9.74. The number of aliphatic hydroxyl groups excluding tert-OH is 1. The van der Waals surface area contributed by atoms with Gasteiger partial charge >= 0.3 is 0 Å². The Morgan fingerprint density at radius 2 is 2.06 bits per heavy atom. The van der Waals surface area contributed by atoms with E-state index in [0.29, 0.717) is 12.2 Å². The van der Waals surface area contributed by atoms with Crippen molar-refractivity contribution in [1.82, 2.24) is 5.32 Å². The molecule has 3 nitrogen and oxygen atoms in total. The third-order valence-electron chi connectivity index (χ3n) is 2.55. The van der Waals surface area contributed by atoms with Gasteiger partial charge in [0.1, 0.15) is 5.75 Å². The monoisotopic (exact) mass is 287 g/mol. The molecule has 1 rings (SSSR count). The number of hydrogen-bond acceptors (Lipinski definition) is 3. The lowest BCUT2D eigenvalue weighted by molar-refractivity contribution is 0.264. The summed E-state index contributed by atoms with van der Waals surface area (Å²) in [6, 6.07) is 5.66. The van der Waals surface area contributed by atoms with E-state index >= 15 is 0 Å². The number of aliphatic hydroxyl groups is 1. The molecule has 16 heavy (non-hydrogen) atoms. The molecule has 0 aliphatic rings. The summed E-state index contributed by atoms with van der Waals surface area (Å²) < 4.78 is 0.948. The summed E-state index contributed by atoms with van der Waals surface area (Å²) in [6.07, 6.45) is 0.707. The number of aromatic hydroxyl groups is 1. The average molecular weight is 288 g/mol. The first-order valence-electron chi connectivity index (χ1n) is 5.40. The van der Waals surface area contributed by atoms with E-state index < -0.39 is 0 Å². The van der Waals surface area contributed by atoms with Gasteiger partial charge in [-0.1, -0.05) is 15.9 Å². The van der Waals surface area contributed by atoms with Gasteiger partial charge in [-0.25, -0.2) is 0 Å². The smallest absolute Gasteiger partial charge is 0.120 e. The molecule has 0 saturated heterocycles. The molecule has 0 saturated carbocycles. The summed E-state index contributed by atoms with van der Waals surface area (Å²) in [7, 11) is 0. The van der Waals surface area contributed by atoms with Crippen LogP contribution in [0.3, 0.4) is 0 Å². The summed E-state index contributed by atoms with van der Waals surface area (Å²) in [5, 5.41) is 21.9. The molecule has 0 aliphatic carbocycles. The molecule has 0 amide bonds. The van der Waals surface area contributed by atoms with E-state index in [1.807, 2.05) is 26.0 Å². The van der Waals surface area contributed by atoms with Gasteiger partial charge in [0.25, 0.3) is 0 Å². The van der Waals surface area contributed by atoms with Gasteiger partial charge in [0, 0.05) is 28.7 Å². The fraction of sp³-hybridized carbons (Fsp3) is 0.500. The first kappa shape index (κ1) is 13.5. The van der Waals surface area contributed by atoms with Crippen LogP contribution >= 0.6 is 15.9 Å². The minimum absolute atomic E-state index is 0.0547. The minimum atomic E-state index is 0.0547. The summed E-state index contributed by atoms with van der Waals surface area (Å²) in [5.74, 6) is 0.291. The zero-order valence-corrected chi connectivity index (χ0v) is 11.2. The Kier molecular flexibility index (Phi) is 5.25. The van der Waals surface area contributed by atoms with Gasteiger partial charge in [0.2, 0.25) is 0 Å². The number of hydrogen-bond donors (Lipinski definition) is 3. The highest BCUT2D eigenvalue weighted by Gasteiger charge is 2.12. The first-order valence-corrected chi connectivity index (χ1v) is 6.19. The lowest BCUT2D eigenvalue weighted by Gasteiger charge is -2.20. The topological polar surface area (TPSA) is 52.5 Å². The molecule has 0 bridgehead atoms. The van der Waals surface area contributed by atoms with Gasteiger partial charge < -0.3 is 15.5 Å². The third-order valence-corrected chi connectivity index (χ3v) is 3.05. The maximum absolute atomic E-state index is 9.74. The fourth-order valence-corrected chi connectivity index (χ4v) is 2.04. The van der Waals surface area contributed by atoms with Crippen LogP contribution in [0.2, 0.25) is 0 Å². The highest BCUT2D eigenvalue weighted by molar-refractivity contribution is 9.10. The first-order chi connectivity index (χ1) is 7.54. The van der Waals surface area contributed by atoms with E-state index in [1.54, 1.807) is 6.07 Å². The SMILES string of the molecule is CC(N[C@H](C)CCO)c1cc(Br)ccc1O. The molecule has 0 aliphatic heterocycles. The van der Waals surface area contributed by atoms with Crippen LogP contribution in [0.4, 0.5) is 0 Å². The molecule has 2 atom stereocenters. The molecule has 0 aromatic heterocycles. The molecule has 1 unspecified atom stereocenters. The van der Waals surface area contributed by atoms with Gasteiger partial charge in [-0.3, -0.25) is 0 Å². The van der Waals surface area contributed by atoms with Gasteiger partial charge in [-0.2, -0.15) is 0 Å². The lowest BCUT2D eigenvalue weighted by atomic mass is 10.1. The largest absolute Gasteiger partial charge is 0.508 e.